The van der Waals surface area contributed by atoms with Crippen molar-refractivity contribution in [3.05, 3.63) is 64.7 Å². The van der Waals surface area contributed by atoms with Gasteiger partial charge in [0.1, 0.15) is 12.4 Å². The molecule has 3 rings (SSSR count). The lowest BCUT2D eigenvalue weighted by atomic mass is 9.91. The molecule has 8 heteroatoms. The van der Waals surface area contributed by atoms with Gasteiger partial charge in [-0.05, 0) is 53.8 Å². The molecule has 1 unspecified atom stereocenters. The predicted octanol–water partition coefficient (Wildman–Crippen LogP) is 4.95. The number of hydrogen-bond acceptors (Lipinski definition) is 6. The fourth-order valence-corrected chi connectivity index (χ4v) is 3.97. The summed E-state index contributed by atoms with van der Waals surface area (Å²) in [7, 11) is 5.16. The topological polar surface area (TPSA) is 77.3 Å². The molecule has 2 aromatic carbocycles. The van der Waals surface area contributed by atoms with Crippen molar-refractivity contribution in [3.63, 3.8) is 0 Å². The number of methoxy groups -OCH3 is 2. The number of nitrogens with zero attached hydrogens (tertiary/aromatic N) is 2. The standard InChI is InChI=1S/C22H26ClN3O3.C5H12O/c1-25(24)21-8-5-18(23)14-20(21)17-9-10-26(15-27)22(13-17)16-3-6-19(7-4-16)29-12-11-28-2;1-5(2)4-6-3/h3-8,13-15,22H,9-12,24H2,1-2H3;5H,4H2,1-3H3. The maximum atomic E-state index is 11.7. The first kappa shape index (κ1) is 28.7. The van der Waals surface area contributed by atoms with Gasteiger partial charge in [-0.2, -0.15) is 0 Å². The molecule has 0 aliphatic carbocycles. The average Bonchev–Trinajstić information content (AvgIpc) is 2.84. The highest BCUT2D eigenvalue weighted by Crippen LogP contribution is 2.37. The first-order valence-corrected chi connectivity index (χ1v) is 12.1. The Morgan fingerprint density at radius 2 is 1.86 bits per heavy atom. The Kier molecular flexibility index (Phi) is 12.1. The fraction of sp³-hybridized carbons (Fsp3) is 0.444. The van der Waals surface area contributed by atoms with E-state index in [1.54, 1.807) is 31.2 Å². The summed E-state index contributed by atoms with van der Waals surface area (Å²) in [6, 6.07) is 13.3. The minimum atomic E-state index is -0.167. The summed E-state index contributed by atoms with van der Waals surface area (Å²) < 4.78 is 15.4. The quantitative estimate of drug-likeness (QED) is 0.214. The molecule has 7 nitrogen and oxygen atoms in total. The number of ether oxygens (including phenoxy) is 3. The van der Waals surface area contributed by atoms with E-state index < -0.39 is 0 Å². The number of hydrogen-bond donors (Lipinski definition) is 1. The molecule has 0 bridgehead atoms. The Bertz CT molecular complexity index is 948. The Morgan fingerprint density at radius 1 is 1.14 bits per heavy atom. The summed E-state index contributed by atoms with van der Waals surface area (Å²) in [5.41, 5.74) is 4.00. The van der Waals surface area contributed by atoms with Gasteiger partial charge in [-0.3, -0.25) is 4.79 Å². The lowest BCUT2D eigenvalue weighted by Gasteiger charge is -2.33. The van der Waals surface area contributed by atoms with Crippen molar-refractivity contribution in [2.75, 3.05) is 52.6 Å². The molecule has 1 aliphatic rings. The molecule has 192 valence electrons. The van der Waals surface area contributed by atoms with E-state index >= 15 is 0 Å². The van der Waals surface area contributed by atoms with Crippen molar-refractivity contribution in [2.45, 2.75) is 26.3 Å². The maximum Gasteiger partial charge on any atom is 0.210 e. The van der Waals surface area contributed by atoms with Gasteiger partial charge in [0.2, 0.25) is 6.41 Å². The van der Waals surface area contributed by atoms with Crippen molar-refractivity contribution in [3.8, 4) is 5.75 Å². The number of anilines is 1. The van der Waals surface area contributed by atoms with Crippen LogP contribution in [0.5, 0.6) is 5.75 Å². The first-order chi connectivity index (χ1) is 16.8. The van der Waals surface area contributed by atoms with Crippen LogP contribution in [0.2, 0.25) is 5.02 Å². The zero-order valence-electron chi connectivity index (χ0n) is 21.4. The largest absolute Gasteiger partial charge is 0.491 e. The van der Waals surface area contributed by atoms with Crippen LogP contribution in [0.3, 0.4) is 0 Å². The van der Waals surface area contributed by atoms with E-state index in [2.05, 4.69) is 19.9 Å². The van der Waals surface area contributed by atoms with Gasteiger partial charge in [0.25, 0.3) is 0 Å². The second-order valence-electron chi connectivity index (χ2n) is 8.76. The van der Waals surface area contributed by atoms with Crippen LogP contribution in [-0.4, -0.2) is 58.9 Å². The van der Waals surface area contributed by atoms with Gasteiger partial charge in [-0.25, -0.2) is 5.84 Å². The Balaban J connectivity index is 0.000000641. The van der Waals surface area contributed by atoms with Crippen LogP contribution in [-0.2, 0) is 14.3 Å². The number of halogens is 1. The number of amides is 1. The number of carbonyl (C=O) groups is 1. The fourth-order valence-electron chi connectivity index (χ4n) is 3.80. The molecule has 1 heterocycles. The normalized spacial score (nSPS) is 15.3. The lowest BCUT2D eigenvalue weighted by molar-refractivity contribution is -0.119. The molecule has 2 N–H and O–H groups in total. The van der Waals surface area contributed by atoms with E-state index in [0.717, 1.165) is 47.6 Å². The molecule has 1 amide bonds. The Hall–Kier alpha value is -2.58. The molecule has 0 saturated carbocycles. The van der Waals surface area contributed by atoms with Crippen molar-refractivity contribution in [1.29, 1.82) is 0 Å². The number of benzene rings is 2. The number of rotatable bonds is 10. The van der Waals surface area contributed by atoms with Gasteiger partial charge in [-0.15, -0.1) is 0 Å². The van der Waals surface area contributed by atoms with Crippen molar-refractivity contribution < 1.29 is 19.0 Å². The molecule has 0 saturated heterocycles. The molecule has 0 fully saturated rings. The first-order valence-electron chi connectivity index (χ1n) is 11.7. The molecular formula is C27H38ClN3O4. The van der Waals surface area contributed by atoms with Crippen molar-refractivity contribution >= 4 is 29.3 Å². The van der Waals surface area contributed by atoms with E-state index in [9.17, 15) is 4.79 Å². The molecular weight excluding hydrogens is 466 g/mol. The van der Waals surface area contributed by atoms with Gasteiger partial charge < -0.3 is 24.1 Å². The second kappa shape index (κ2) is 14.7. The Labute approximate surface area is 214 Å². The summed E-state index contributed by atoms with van der Waals surface area (Å²) in [6.45, 7) is 6.78. The SMILES string of the molecule is COCC(C)C.COCCOc1ccc(C2C=C(c3cc(Cl)ccc3N(C)N)CCN2C=O)cc1. The lowest BCUT2D eigenvalue weighted by Crippen LogP contribution is -2.31. The minimum absolute atomic E-state index is 0.167. The van der Waals surface area contributed by atoms with Crippen LogP contribution < -0.4 is 15.6 Å². The van der Waals surface area contributed by atoms with Crippen LogP contribution >= 0.6 is 11.6 Å². The van der Waals surface area contributed by atoms with E-state index in [1.807, 2.05) is 42.5 Å². The second-order valence-corrected chi connectivity index (χ2v) is 9.20. The molecule has 0 radical (unpaired) electrons. The third kappa shape index (κ3) is 8.85. The summed E-state index contributed by atoms with van der Waals surface area (Å²) in [4.78, 5) is 13.5. The molecule has 1 aliphatic heterocycles. The third-order valence-electron chi connectivity index (χ3n) is 5.45. The highest BCUT2D eigenvalue weighted by molar-refractivity contribution is 6.30. The van der Waals surface area contributed by atoms with Gasteiger partial charge in [-0.1, -0.05) is 43.7 Å². The van der Waals surface area contributed by atoms with Crippen LogP contribution in [0.4, 0.5) is 5.69 Å². The number of carbonyl (C=O) groups excluding carboxylic acids is 1. The smallest absolute Gasteiger partial charge is 0.210 e. The zero-order valence-corrected chi connectivity index (χ0v) is 22.1. The Morgan fingerprint density at radius 3 is 2.40 bits per heavy atom. The molecule has 2 aromatic rings. The van der Waals surface area contributed by atoms with Crippen LogP contribution in [0, 0.1) is 5.92 Å². The number of hydrazine groups is 1. The average molecular weight is 504 g/mol. The van der Waals surface area contributed by atoms with Crippen LogP contribution in [0.15, 0.2) is 48.5 Å². The van der Waals surface area contributed by atoms with Gasteiger partial charge in [0.15, 0.2) is 0 Å². The monoisotopic (exact) mass is 503 g/mol. The van der Waals surface area contributed by atoms with Gasteiger partial charge >= 0.3 is 0 Å². The molecule has 35 heavy (non-hydrogen) atoms. The van der Waals surface area contributed by atoms with E-state index in [-0.39, 0.29) is 6.04 Å². The summed E-state index contributed by atoms with van der Waals surface area (Å²) >= 11 is 6.24. The predicted molar refractivity (Wildman–Crippen MR) is 143 cm³/mol. The van der Waals surface area contributed by atoms with E-state index in [4.69, 9.17) is 31.7 Å². The minimum Gasteiger partial charge on any atom is -0.491 e. The highest BCUT2D eigenvalue weighted by atomic mass is 35.5. The van der Waals surface area contributed by atoms with Crippen molar-refractivity contribution in [2.24, 2.45) is 11.8 Å². The summed E-state index contributed by atoms with van der Waals surface area (Å²) in [6.07, 6.45) is 3.74. The molecule has 1 atom stereocenters. The summed E-state index contributed by atoms with van der Waals surface area (Å²) in [5, 5.41) is 2.23. The number of nitrogens with two attached hydrogens (primary N) is 1. The zero-order chi connectivity index (χ0) is 25.8. The van der Waals surface area contributed by atoms with Gasteiger partial charge in [0.05, 0.1) is 18.3 Å². The summed E-state index contributed by atoms with van der Waals surface area (Å²) in [5.74, 6) is 7.46. The highest BCUT2D eigenvalue weighted by Gasteiger charge is 2.24. The van der Waals surface area contributed by atoms with Crippen LogP contribution in [0.1, 0.15) is 37.4 Å². The van der Waals surface area contributed by atoms with Crippen LogP contribution in [0.25, 0.3) is 5.57 Å². The van der Waals surface area contributed by atoms with Crippen molar-refractivity contribution in [1.82, 2.24) is 4.90 Å². The molecule has 0 aromatic heterocycles. The van der Waals surface area contributed by atoms with E-state index in [0.29, 0.717) is 30.7 Å². The maximum absolute atomic E-state index is 11.7. The van der Waals surface area contributed by atoms with E-state index in [1.165, 1.54) is 0 Å². The van der Waals surface area contributed by atoms with Gasteiger partial charge in [0, 0.05) is 45.0 Å². The third-order valence-corrected chi connectivity index (χ3v) is 5.69. The molecule has 0 spiro atoms.